The van der Waals surface area contributed by atoms with E-state index in [1.54, 1.807) is 30.3 Å². The predicted molar refractivity (Wildman–Crippen MR) is 108 cm³/mol. The van der Waals surface area contributed by atoms with Crippen LogP contribution < -0.4 is 20.1 Å². The smallest absolute Gasteiger partial charge is 0.257 e. The Morgan fingerprint density at radius 1 is 0.964 bits per heavy atom. The summed E-state index contributed by atoms with van der Waals surface area (Å²) in [4.78, 5) is 12.5. The molecule has 144 valence electrons. The van der Waals surface area contributed by atoms with E-state index in [4.69, 9.17) is 21.1 Å². The summed E-state index contributed by atoms with van der Waals surface area (Å²) >= 11 is 6.13. The summed E-state index contributed by atoms with van der Waals surface area (Å²) in [7, 11) is 3.05. The van der Waals surface area contributed by atoms with Crippen molar-refractivity contribution in [3.8, 4) is 11.5 Å². The number of anilines is 2. The lowest BCUT2D eigenvalue weighted by atomic mass is 10.2. The van der Waals surface area contributed by atoms with Crippen molar-refractivity contribution in [2.24, 2.45) is 0 Å². The molecule has 0 aliphatic carbocycles. The number of benzene rings is 2. The van der Waals surface area contributed by atoms with Gasteiger partial charge in [0, 0.05) is 23.2 Å². The second-order valence-corrected chi connectivity index (χ2v) is 6.21. The molecule has 0 aliphatic heterocycles. The molecule has 8 heteroatoms. The number of hydrogen-bond donors (Lipinski definition) is 2. The highest BCUT2D eigenvalue weighted by atomic mass is 35.5. The van der Waals surface area contributed by atoms with Crippen molar-refractivity contribution in [3.63, 3.8) is 0 Å². The van der Waals surface area contributed by atoms with Gasteiger partial charge in [-0.3, -0.25) is 4.79 Å². The third kappa shape index (κ3) is 4.89. The first-order valence-electron chi connectivity index (χ1n) is 8.44. The molecule has 1 aromatic heterocycles. The summed E-state index contributed by atoms with van der Waals surface area (Å²) in [5, 5.41) is 14.6. The quantitative estimate of drug-likeness (QED) is 0.625. The minimum absolute atomic E-state index is 0.329. The minimum atomic E-state index is -0.344. The van der Waals surface area contributed by atoms with Gasteiger partial charge in [0.05, 0.1) is 14.2 Å². The van der Waals surface area contributed by atoms with Gasteiger partial charge in [0.1, 0.15) is 17.3 Å². The van der Waals surface area contributed by atoms with Crippen LogP contribution in [0.5, 0.6) is 11.5 Å². The van der Waals surface area contributed by atoms with E-state index < -0.39 is 0 Å². The summed E-state index contributed by atoms with van der Waals surface area (Å²) in [5.74, 6) is 1.60. The molecule has 0 saturated carbocycles. The van der Waals surface area contributed by atoms with Gasteiger partial charge >= 0.3 is 0 Å². The van der Waals surface area contributed by atoms with Crippen LogP contribution in [0.25, 0.3) is 0 Å². The van der Waals surface area contributed by atoms with E-state index in [0.29, 0.717) is 40.3 Å². The molecular formula is C20H19ClN4O3. The summed E-state index contributed by atoms with van der Waals surface area (Å²) in [6, 6.07) is 15.9. The van der Waals surface area contributed by atoms with Gasteiger partial charge in [-0.25, -0.2) is 0 Å². The second kappa shape index (κ2) is 9.05. The highest BCUT2D eigenvalue weighted by Gasteiger charge is 2.11. The van der Waals surface area contributed by atoms with Crippen LogP contribution in [-0.4, -0.2) is 30.3 Å². The molecule has 0 spiro atoms. The van der Waals surface area contributed by atoms with Gasteiger partial charge in [-0.2, -0.15) is 0 Å². The Balaban J connectivity index is 1.64. The molecule has 0 fully saturated rings. The van der Waals surface area contributed by atoms with Crippen LogP contribution in [0.15, 0.2) is 54.6 Å². The molecule has 0 saturated heterocycles. The maximum Gasteiger partial charge on any atom is 0.257 e. The summed E-state index contributed by atoms with van der Waals surface area (Å²) in [5.41, 5.74) is 1.34. The monoisotopic (exact) mass is 398 g/mol. The maximum absolute atomic E-state index is 12.5. The molecule has 0 bridgehead atoms. The summed E-state index contributed by atoms with van der Waals surface area (Å²) in [6.45, 7) is 0.518. The van der Waals surface area contributed by atoms with Gasteiger partial charge in [-0.05, 0) is 35.9 Å². The van der Waals surface area contributed by atoms with Gasteiger partial charge < -0.3 is 20.1 Å². The molecule has 1 heterocycles. The number of carbonyl (C=O) groups excluding carboxylic acids is 1. The Morgan fingerprint density at radius 2 is 1.61 bits per heavy atom. The largest absolute Gasteiger partial charge is 0.497 e. The van der Waals surface area contributed by atoms with Crippen molar-refractivity contribution in [1.29, 1.82) is 0 Å². The van der Waals surface area contributed by atoms with Crippen molar-refractivity contribution in [2.45, 2.75) is 6.54 Å². The number of methoxy groups -OCH3 is 2. The Labute approximate surface area is 167 Å². The Morgan fingerprint density at radius 3 is 2.21 bits per heavy atom. The van der Waals surface area contributed by atoms with Gasteiger partial charge in [-0.15, -0.1) is 10.2 Å². The Hall–Kier alpha value is -3.32. The van der Waals surface area contributed by atoms with Crippen LogP contribution in [-0.2, 0) is 6.54 Å². The van der Waals surface area contributed by atoms with E-state index >= 15 is 0 Å². The van der Waals surface area contributed by atoms with Crippen LogP contribution >= 0.6 is 11.6 Å². The predicted octanol–water partition coefficient (Wildman–Crippen LogP) is 4.01. The van der Waals surface area contributed by atoms with Crippen molar-refractivity contribution in [2.75, 3.05) is 24.9 Å². The molecule has 28 heavy (non-hydrogen) atoms. The molecule has 2 N–H and O–H groups in total. The lowest BCUT2D eigenvalue weighted by Gasteiger charge is -2.09. The van der Waals surface area contributed by atoms with E-state index in [-0.39, 0.29) is 5.91 Å². The number of amides is 1. The second-order valence-electron chi connectivity index (χ2n) is 5.80. The van der Waals surface area contributed by atoms with E-state index in [0.717, 1.165) is 5.56 Å². The van der Waals surface area contributed by atoms with Gasteiger partial charge in [-0.1, -0.05) is 29.8 Å². The first-order valence-corrected chi connectivity index (χ1v) is 8.82. The van der Waals surface area contributed by atoms with Crippen LogP contribution in [0, 0.1) is 0 Å². The number of nitrogens with one attached hydrogen (secondary N) is 2. The standard InChI is InChI=1S/C20H19ClN4O3/c1-27-15-9-14(10-16(11-15)28-2)20(26)23-19-8-7-18(24-25-19)22-12-13-5-3-4-6-17(13)21/h3-11H,12H2,1-2H3,(H,22,24)(H,23,25,26). The first kappa shape index (κ1) is 19.4. The molecule has 0 aliphatic rings. The fourth-order valence-corrected chi connectivity index (χ4v) is 2.65. The number of aromatic nitrogens is 2. The van der Waals surface area contributed by atoms with E-state index in [9.17, 15) is 4.79 Å². The number of nitrogens with zero attached hydrogens (tertiary/aromatic N) is 2. The van der Waals surface area contributed by atoms with Crippen molar-refractivity contribution < 1.29 is 14.3 Å². The average Bonchev–Trinajstić information content (AvgIpc) is 2.73. The molecule has 3 aromatic rings. The number of rotatable bonds is 7. The van der Waals surface area contributed by atoms with Crippen molar-refractivity contribution in [1.82, 2.24) is 10.2 Å². The zero-order valence-electron chi connectivity index (χ0n) is 15.4. The normalized spacial score (nSPS) is 10.2. The van der Waals surface area contributed by atoms with Crippen molar-refractivity contribution in [3.05, 3.63) is 70.7 Å². The fourth-order valence-electron chi connectivity index (χ4n) is 2.45. The van der Waals surface area contributed by atoms with E-state index in [1.165, 1.54) is 14.2 Å². The molecule has 2 aromatic carbocycles. The average molecular weight is 399 g/mol. The molecule has 1 amide bonds. The molecular weight excluding hydrogens is 380 g/mol. The molecule has 0 unspecified atom stereocenters. The van der Waals surface area contributed by atoms with Gasteiger partial charge in [0.25, 0.3) is 5.91 Å². The lowest BCUT2D eigenvalue weighted by molar-refractivity contribution is 0.102. The minimum Gasteiger partial charge on any atom is -0.497 e. The van der Waals surface area contributed by atoms with Crippen molar-refractivity contribution >= 4 is 29.1 Å². The number of carbonyl (C=O) groups is 1. The zero-order valence-corrected chi connectivity index (χ0v) is 16.2. The highest BCUT2D eigenvalue weighted by molar-refractivity contribution is 6.31. The molecule has 0 radical (unpaired) electrons. The summed E-state index contributed by atoms with van der Waals surface area (Å²) in [6.07, 6.45) is 0. The number of ether oxygens (including phenoxy) is 2. The van der Waals surface area contributed by atoms with Gasteiger partial charge in [0.2, 0.25) is 0 Å². The third-order valence-electron chi connectivity index (χ3n) is 3.94. The molecule has 0 atom stereocenters. The highest BCUT2D eigenvalue weighted by Crippen LogP contribution is 2.23. The third-order valence-corrected chi connectivity index (χ3v) is 4.31. The van der Waals surface area contributed by atoms with Crippen LogP contribution in [0.3, 0.4) is 0 Å². The zero-order chi connectivity index (χ0) is 19.9. The number of hydrogen-bond acceptors (Lipinski definition) is 6. The number of halogens is 1. The van der Waals surface area contributed by atoms with E-state index in [1.807, 2.05) is 24.3 Å². The van der Waals surface area contributed by atoms with Crippen LogP contribution in [0.2, 0.25) is 5.02 Å². The Bertz CT molecular complexity index is 942. The fraction of sp³-hybridized carbons (Fsp3) is 0.150. The lowest BCUT2D eigenvalue weighted by Crippen LogP contribution is -2.14. The van der Waals surface area contributed by atoms with Gasteiger partial charge in [0.15, 0.2) is 5.82 Å². The summed E-state index contributed by atoms with van der Waals surface area (Å²) < 4.78 is 10.4. The Kier molecular flexibility index (Phi) is 6.29. The molecule has 7 nitrogen and oxygen atoms in total. The topological polar surface area (TPSA) is 85.4 Å². The maximum atomic E-state index is 12.5. The first-order chi connectivity index (χ1) is 13.6. The van der Waals surface area contributed by atoms with Crippen LogP contribution in [0.1, 0.15) is 15.9 Å². The van der Waals surface area contributed by atoms with Crippen LogP contribution in [0.4, 0.5) is 11.6 Å². The SMILES string of the molecule is COc1cc(OC)cc(C(=O)Nc2ccc(NCc3ccccc3Cl)nn2)c1. The van der Waals surface area contributed by atoms with E-state index in [2.05, 4.69) is 20.8 Å². The molecule has 3 rings (SSSR count).